The second-order valence-corrected chi connectivity index (χ2v) is 6.83. The number of rotatable bonds is 10. The van der Waals surface area contributed by atoms with Crippen LogP contribution in [-0.4, -0.2) is 43.3 Å². The zero-order valence-corrected chi connectivity index (χ0v) is 18.4. The van der Waals surface area contributed by atoms with E-state index in [-0.39, 0.29) is 24.3 Å². The lowest BCUT2D eigenvalue weighted by Gasteiger charge is -2.13. The zero-order valence-electron chi connectivity index (χ0n) is 16.8. The number of carbonyl (C=O) groups is 2. The molecule has 10 nitrogen and oxygen atoms in total. The third-order valence-corrected chi connectivity index (χ3v) is 4.56. The summed E-state index contributed by atoms with van der Waals surface area (Å²) in [5.41, 5.74) is 3.06. The van der Waals surface area contributed by atoms with Crippen molar-refractivity contribution >= 4 is 39.7 Å². The van der Waals surface area contributed by atoms with Crippen molar-refractivity contribution in [2.75, 3.05) is 20.3 Å². The fraction of sp³-hybridized carbons (Fsp3) is 0.250. The number of hydrazone groups is 1. The van der Waals surface area contributed by atoms with Crippen LogP contribution in [0.25, 0.3) is 0 Å². The van der Waals surface area contributed by atoms with Gasteiger partial charge in [-0.25, -0.2) is 10.2 Å². The lowest BCUT2D eigenvalue weighted by Crippen LogP contribution is -2.20. The maximum atomic E-state index is 12.1. The highest BCUT2D eigenvalue weighted by atomic mass is 79.9. The normalized spacial score (nSPS) is 10.5. The number of benzene rings is 2. The van der Waals surface area contributed by atoms with Gasteiger partial charge in [0.25, 0.3) is 5.69 Å². The molecule has 0 fully saturated rings. The fourth-order valence-electron chi connectivity index (χ4n) is 2.45. The highest BCUT2D eigenvalue weighted by Gasteiger charge is 2.15. The van der Waals surface area contributed by atoms with E-state index in [4.69, 9.17) is 9.47 Å². The minimum atomic E-state index is -0.540. The van der Waals surface area contributed by atoms with Gasteiger partial charge >= 0.3 is 5.97 Å². The first kappa shape index (κ1) is 23.8. The van der Waals surface area contributed by atoms with Crippen LogP contribution in [0.4, 0.5) is 5.69 Å². The number of amides is 1. The molecular weight excluding hydrogens is 474 g/mol. The minimum absolute atomic E-state index is 0.131. The van der Waals surface area contributed by atoms with Crippen LogP contribution in [0.3, 0.4) is 0 Å². The number of carbonyl (C=O) groups excluding carboxylic acids is 2. The molecule has 0 radical (unpaired) electrons. The molecule has 31 heavy (non-hydrogen) atoms. The van der Waals surface area contributed by atoms with E-state index >= 15 is 0 Å². The Balaban J connectivity index is 2.09. The van der Waals surface area contributed by atoms with Crippen molar-refractivity contribution in [3.05, 3.63) is 62.1 Å². The van der Waals surface area contributed by atoms with E-state index in [1.807, 2.05) is 0 Å². The molecule has 0 aliphatic carbocycles. The maximum Gasteiger partial charge on any atom is 0.343 e. The zero-order chi connectivity index (χ0) is 22.8. The van der Waals surface area contributed by atoms with Gasteiger partial charge in [-0.3, -0.25) is 14.9 Å². The smallest absolute Gasteiger partial charge is 0.343 e. The summed E-state index contributed by atoms with van der Waals surface area (Å²) in [5, 5.41) is 14.9. The van der Waals surface area contributed by atoms with Crippen LogP contribution in [0.5, 0.6) is 11.5 Å². The molecule has 2 rings (SSSR count). The van der Waals surface area contributed by atoms with Crippen molar-refractivity contribution in [1.29, 1.82) is 0 Å². The van der Waals surface area contributed by atoms with Crippen molar-refractivity contribution in [2.24, 2.45) is 5.10 Å². The summed E-state index contributed by atoms with van der Waals surface area (Å²) >= 11 is 3.37. The predicted molar refractivity (Wildman–Crippen MR) is 115 cm³/mol. The van der Waals surface area contributed by atoms with E-state index in [0.29, 0.717) is 28.1 Å². The molecule has 0 unspecified atom stereocenters. The Kier molecular flexibility index (Phi) is 8.94. The van der Waals surface area contributed by atoms with Gasteiger partial charge in [0.05, 0.1) is 31.3 Å². The number of nitro groups is 1. The first-order valence-corrected chi connectivity index (χ1v) is 9.85. The highest BCUT2D eigenvalue weighted by Crippen LogP contribution is 2.33. The Bertz CT molecular complexity index is 995. The van der Waals surface area contributed by atoms with Crippen LogP contribution in [-0.2, 0) is 20.7 Å². The minimum Gasteiger partial charge on any atom is -0.490 e. The molecule has 0 aliphatic rings. The molecule has 0 atom stereocenters. The fourth-order valence-corrected chi connectivity index (χ4v) is 2.88. The van der Waals surface area contributed by atoms with E-state index in [2.05, 4.69) is 31.2 Å². The van der Waals surface area contributed by atoms with Gasteiger partial charge in [-0.1, -0.05) is 18.2 Å². The lowest BCUT2D eigenvalue weighted by atomic mass is 10.1. The number of methoxy groups -OCH3 is 1. The molecule has 2 aromatic rings. The summed E-state index contributed by atoms with van der Waals surface area (Å²) in [6.07, 6.45) is 1.19. The molecular formula is C20H20BrN3O7. The number of ether oxygens (including phenoxy) is 3. The van der Waals surface area contributed by atoms with Crippen LogP contribution in [0.15, 0.2) is 46.0 Å². The van der Waals surface area contributed by atoms with Crippen LogP contribution in [0, 0.1) is 10.1 Å². The molecule has 1 N–H and O–H groups in total. The molecule has 0 aliphatic heterocycles. The third-order valence-electron chi connectivity index (χ3n) is 3.87. The van der Waals surface area contributed by atoms with Gasteiger partial charge in [-0.05, 0) is 35.0 Å². The van der Waals surface area contributed by atoms with Gasteiger partial charge in [-0.2, -0.15) is 5.10 Å². The third kappa shape index (κ3) is 7.07. The van der Waals surface area contributed by atoms with E-state index in [1.165, 1.54) is 31.5 Å². The quantitative estimate of drug-likeness (QED) is 0.233. The average Bonchev–Trinajstić information content (AvgIpc) is 2.74. The first-order valence-electron chi connectivity index (χ1n) is 9.05. The maximum absolute atomic E-state index is 12.1. The largest absolute Gasteiger partial charge is 0.490 e. The monoisotopic (exact) mass is 493 g/mol. The molecule has 2 aromatic carbocycles. The van der Waals surface area contributed by atoms with Crippen LogP contribution >= 0.6 is 15.9 Å². The second kappa shape index (κ2) is 11.6. The number of esters is 1. The van der Waals surface area contributed by atoms with E-state index in [1.54, 1.807) is 25.1 Å². The van der Waals surface area contributed by atoms with E-state index in [9.17, 15) is 19.7 Å². The summed E-state index contributed by atoms with van der Waals surface area (Å²) in [7, 11) is 1.26. The number of nitro benzene ring substituents is 1. The van der Waals surface area contributed by atoms with Crippen LogP contribution < -0.4 is 14.9 Å². The number of halogens is 1. The van der Waals surface area contributed by atoms with Gasteiger partial charge in [0, 0.05) is 21.7 Å². The average molecular weight is 494 g/mol. The van der Waals surface area contributed by atoms with Crippen LogP contribution in [0.2, 0.25) is 0 Å². The Morgan fingerprint density at radius 2 is 1.94 bits per heavy atom. The number of hydrogen-bond acceptors (Lipinski definition) is 8. The topological polar surface area (TPSA) is 129 Å². The molecule has 164 valence electrons. The molecule has 0 saturated heterocycles. The number of hydrogen-bond donors (Lipinski definition) is 1. The number of nitrogens with one attached hydrogen (secondary N) is 1. The molecule has 11 heteroatoms. The predicted octanol–water partition coefficient (Wildman–Crippen LogP) is 3.00. The first-order chi connectivity index (χ1) is 14.8. The van der Waals surface area contributed by atoms with Gasteiger partial charge in [-0.15, -0.1) is 0 Å². The molecule has 0 heterocycles. The number of para-hydroxylation sites is 1. The van der Waals surface area contributed by atoms with Crippen molar-refractivity contribution in [3.8, 4) is 11.5 Å². The Hall–Kier alpha value is -3.47. The van der Waals surface area contributed by atoms with Crippen molar-refractivity contribution in [2.45, 2.75) is 13.3 Å². The highest BCUT2D eigenvalue weighted by molar-refractivity contribution is 9.10. The summed E-state index contributed by atoms with van der Waals surface area (Å²) < 4.78 is 16.1. The number of nitrogens with zero attached hydrogens (tertiary/aromatic N) is 2. The standard InChI is InChI=1S/C20H20BrN3O7/c1-3-30-17-8-14(15(21)10-18(17)31-12-20(26)29-2)11-22-23-19(25)9-13-6-4-5-7-16(13)24(27)28/h4-8,10-11H,3,9,12H2,1-2H3,(H,23,25)/b22-11+. The Labute approximate surface area is 186 Å². The second-order valence-electron chi connectivity index (χ2n) is 5.97. The summed E-state index contributed by atoms with van der Waals surface area (Å²) in [5.74, 6) is -0.339. The molecule has 0 bridgehead atoms. The molecule has 1 amide bonds. The van der Waals surface area contributed by atoms with E-state index < -0.39 is 16.8 Å². The Morgan fingerprint density at radius 1 is 1.23 bits per heavy atom. The van der Waals surface area contributed by atoms with Gasteiger partial charge in [0.1, 0.15) is 0 Å². The van der Waals surface area contributed by atoms with E-state index in [0.717, 1.165) is 0 Å². The van der Waals surface area contributed by atoms with Crippen molar-refractivity contribution < 1.29 is 28.7 Å². The summed E-state index contributed by atoms with van der Waals surface area (Å²) in [4.78, 5) is 33.9. The van der Waals surface area contributed by atoms with Crippen molar-refractivity contribution in [1.82, 2.24) is 5.43 Å². The summed E-state index contributed by atoms with van der Waals surface area (Å²) in [6.45, 7) is 1.88. The van der Waals surface area contributed by atoms with Gasteiger partial charge in [0.2, 0.25) is 5.91 Å². The van der Waals surface area contributed by atoms with Gasteiger partial charge < -0.3 is 14.2 Å². The Morgan fingerprint density at radius 3 is 2.61 bits per heavy atom. The van der Waals surface area contributed by atoms with Gasteiger partial charge in [0.15, 0.2) is 18.1 Å². The SMILES string of the molecule is CCOc1cc(/C=N/NC(=O)Cc2ccccc2[N+](=O)[O-])c(Br)cc1OCC(=O)OC. The van der Waals surface area contributed by atoms with Crippen molar-refractivity contribution in [3.63, 3.8) is 0 Å². The molecule has 0 aromatic heterocycles. The molecule has 0 spiro atoms. The summed E-state index contributed by atoms with van der Waals surface area (Å²) in [6, 6.07) is 9.22. The lowest BCUT2D eigenvalue weighted by molar-refractivity contribution is -0.385. The molecule has 0 saturated carbocycles. The van der Waals surface area contributed by atoms with Crippen LogP contribution in [0.1, 0.15) is 18.1 Å².